The minimum absolute atomic E-state index is 0. The van der Waals surface area contributed by atoms with Crippen LogP contribution in [-0.2, 0) is 21.7 Å². The second-order valence-electron chi connectivity index (χ2n) is 4.26. The summed E-state index contributed by atoms with van der Waals surface area (Å²) in [7, 11) is 3.00. The normalized spacial score (nSPS) is 18.9. The zero-order valence-electron chi connectivity index (χ0n) is 13.8. The van der Waals surface area contributed by atoms with E-state index in [0.717, 1.165) is 27.2 Å². The first-order chi connectivity index (χ1) is 9.25. The van der Waals surface area contributed by atoms with Crippen molar-refractivity contribution >= 4 is 0 Å². The molecular formula is C16H31O3Ti-. The number of hydrogen-bond donors (Lipinski definition) is 3. The van der Waals surface area contributed by atoms with E-state index in [1.54, 1.807) is 22.3 Å². The van der Waals surface area contributed by atoms with Crippen LogP contribution in [0.2, 0.25) is 0 Å². The summed E-state index contributed by atoms with van der Waals surface area (Å²) in [4.78, 5) is 0. The van der Waals surface area contributed by atoms with Crippen LogP contribution in [0.3, 0.4) is 0 Å². The third-order valence-electron chi connectivity index (χ3n) is 3.66. The van der Waals surface area contributed by atoms with Crippen molar-refractivity contribution in [2.24, 2.45) is 5.92 Å². The molecule has 118 valence electrons. The van der Waals surface area contributed by atoms with E-state index in [4.69, 9.17) is 15.3 Å². The van der Waals surface area contributed by atoms with E-state index < -0.39 is 0 Å². The average Bonchev–Trinajstić information content (AvgIpc) is 2.77. The molecule has 2 rings (SSSR count). The van der Waals surface area contributed by atoms with Gasteiger partial charge in [0.1, 0.15) is 0 Å². The van der Waals surface area contributed by atoms with Crippen molar-refractivity contribution in [2.45, 2.75) is 46.5 Å². The van der Waals surface area contributed by atoms with Crippen LogP contribution >= 0.6 is 0 Å². The standard InChI is InChI=1S/C13H19.3CH4O.Ti/c1-4-11-9(2)12-7-5-6-8-13(12)10(11)3;3*1-2;/h7,10H,4-6,8H2,1-3H3;3*2H,1H3;/q-1;;;;. The Kier molecular flexibility index (Phi) is 19.1. The fraction of sp³-hybridized carbons (Fsp3) is 0.688. The monoisotopic (exact) mass is 319 g/mol. The van der Waals surface area contributed by atoms with Crippen LogP contribution in [0, 0.1) is 12.3 Å². The number of allylic oxidation sites excluding steroid dienone is 4. The second-order valence-corrected chi connectivity index (χ2v) is 4.26. The minimum Gasteiger partial charge on any atom is -0.400 e. The van der Waals surface area contributed by atoms with Gasteiger partial charge in [0.25, 0.3) is 0 Å². The number of rotatable bonds is 1. The summed E-state index contributed by atoms with van der Waals surface area (Å²) in [6, 6.07) is 0. The molecule has 20 heavy (non-hydrogen) atoms. The van der Waals surface area contributed by atoms with E-state index in [2.05, 4.69) is 27.2 Å². The molecule has 0 saturated carbocycles. The van der Waals surface area contributed by atoms with Gasteiger partial charge in [0, 0.05) is 43.0 Å². The van der Waals surface area contributed by atoms with E-state index in [1.165, 1.54) is 25.7 Å². The molecule has 1 atom stereocenters. The molecule has 0 aliphatic heterocycles. The van der Waals surface area contributed by atoms with Crippen molar-refractivity contribution in [1.29, 1.82) is 0 Å². The smallest absolute Gasteiger partial charge is 0.0319 e. The largest absolute Gasteiger partial charge is 0.400 e. The number of aliphatic hydroxyl groups is 3. The van der Waals surface area contributed by atoms with Crippen molar-refractivity contribution in [3.05, 3.63) is 28.7 Å². The fourth-order valence-electron chi connectivity index (χ4n) is 2.93. The molecule has 0 spiro atoms. The molecule has 0 aromatic rings. The Labute approximate surface area is 139 Å². The Morgan fingerprint density at radius 3 is 2.00 bits per heavy atom. The van der Waals surface area contributed by atoms with E-state index in [1.807, 2.05) is 0 Å². The molecule has 0 heterocycles. The van der Waals surface area contributed by atoms with Crippen LogP contribution in [0.25, 0.3) is 0 Å². The molecule has 0 aromatic carbocycles. The van der Waals surface area contributed by atoms with Crippen LogP contribution in [0.1, 0.15) is 46.5 Å². The van der Waals surface area contributed by atoms with Gasteiger partial charge in [-0.05, 0) is 6.42 Å². The van der Waals surface area contributed by atoms with Crippen LogP contribution in [0.15, 0.2) is 22.3 Å². The molecule has 4 heteroatoms. The van der Waals surface area contributed by atoms with E-state index in [-0.39, 0.29) is 21.7 Å². The number of aliphatic hydroxyl groups excluding tert-OH is 3. The van der Waals surface area contributed by atoms with Crippen molar-refractivity contribution in [3.63, 3.8) is 0 Å². The Balaban J connectivity index is -0.000000368. The first kappa shape index (κ1) is 24.9. The van der Waals surface area contributed by atoms with Crippen molar-refractivity contribution in [2.75, 3.05) is 21.3 Å². The molecule has 2 aliphatic rings. The Hall–Kier alpha value is -0.0557. The first-order valence-corrected chi connectivity index (χ1v) is 6.86. The third-order valence-corrected chi connectivity index (χ3v) is 3.66. The summed E-state index contributed by atoms with van der Waals surface area (Å²) in [6.45, 7) is 6.97. The van der Waals surface area contributed by atoms with Gasteiger partial charge < -0.3 is 15.3 Å². The summed E-state index contributed by atoms with van der Waals surface area (Å²) in [5.74, 6) is 0.747. The van der Waals surface area contributed by atoms with Gasteiger partial charge in [0.05, 0.1) is 0 Å². The Morgan fingerprint density at radius 2 is 1.60 bits per heavy atom. The van der Waals surface area contributed by atoms with Crippen LogP contribution in [-0.4, -0.2) is 36.6 Å². The van der Waals surface area contributed by atoms with E-state index in [9.17, 15) is 0 Å². The van der Waals surface area contributed by atoms with Gasteiger partial charge in [0.2, 0.25) is 0 Å². The van der Waals surface area contributed by atoms with E-state index in [0.29, 0.717) is 0 Å². The SMILES string of the molecule is CCC1=C(C)C2=C(CCC[CH-]2)C1C.CO.CO.CO.[Ti]. The zero-order valence-corrected chi connectivity index (χ0v) is 15.4. The number of hydrogen-bond acceptors (Lipinski definition) is 3. The molecule has 0 saturated heterocycles. The topological polar surface area (TPSA) is 60.7 Å². The predicted octanol–water partition coefficient (Wildman–Crippen LogP) is 2.87. The maximum absolute atomic E-state index is 7.00. The van der Waals surface area contributed by atoms with Crippen molar-refractivity contribution in [1.82, 2.24) is 0 Å². The molecule has 0 bridgehead atoms. The Morgan fingerprint density at radius 1 is 1.10 bits per heavy atom. The molecule has 1 unspecified atom stereocenters. The van der Waals surface area contributed by atoms with E-state index >= 15 is 0 Å². The predicted molar refractivity (Wildman–Crippen MR) is 81.8 cm³/mol. The minimum atomic E-state index is 0. The van der Waals surface area contributed by atoms with Gasteiger partial charge in [-0.25, -0.2) is 0 Å². The quantitative estimate of drug-likeness (QED) is 0.514. The summed E-state index contributed by atoms with van der Waals surface area (Å²) < 4.78 is 0. The molecule has 3 N–H and O–H groups in total. The zero-order chi connectivity index (χ0) is 15.4. The van der Waals surface area contributed by atoms with Gasteiger partial charge in [-0.2, -0.15) is 23.1 Å². The molecule has 0 radical (unpaired) electrons. The van der Waals surface area contributed by atoms with Gasteiger partial charge in [0.15, 0.2) is 0 Å². The van der Waals surface area contributed by atoms with Gasteiger partial charge in [-0.3, -0.25) is 0 Å². The molecule has 0 fully saturated rings. The van der Waals surface area contributed by atoms with Gasteiger partial charge in [-0.1, -0.05) is 46.0 Å². The third kappa shape index (κ3) is 6.15. The van der Waals surface area contributed by atoms with Crippen molar-refractivity contribution < 1.29 is 37.0 Å². The summed E-state index contributed by atoms with van der Waals surface area (Å²) in [5.41, 5.74) is 6.60. The Bertz CT molecular complexity index is 296. The summed E-state index contributed by atoms with van der Waals surface area (Å²) in [6.07, 6.45) is 7.68. The second kappa shape index (κ2) is 15.3. The van der Waals surface area contributed by atoms with Crippen LogP contribution in [0.5, 0.6) is 0 Å². The maximum Gasteiger partial charge on any atom is 0.0319 e. The molecule has 2 aliphatic carbocycles. The van der Waals surface area contributed by atoms with Gasteiger partial charge >= 0.3 is 0 Å². The average molecular weight is 319 g/mol. The maximum atomic E-state index is 7.00. The van der Waals surface area contributed by atoms with Crippen LogP contribution in [0.4, 0.5) is 0 Å². The fourth-order valence-corrected chi connectivity index (χ4v) is 2.93. The first-order valence-electron chi connectivity index (χ1n) is 6.86. The summed E-state index contributed by atoms with van der Waals surface area (Å²) in [5, 5.41) is 21.0. The summed E-state index contributed by atoms with van der Waals surface area (Å²) >= 11 is 0. The van der Waals surface area contributed by atoms with Gasteiger partial charge in [-0.15, -0.1) is 5.57 Å². The molecular weight excluding hydrogens is 288 g/mol. The molecule has 0 aromatic heterocycles. The molecule has 3 nitrogen and oxygen atoms in total. The molecule has 0 amide bonds. The van der Waals surface area contributed by atoms with Crippen LogP contribution < -0.4 is 0 Å². The van der Waals surface area contributed by atoms with Crippen molar-refractivity contribution in [3.8, 4) is 0 Å².